The standard InChI is InChI=1S/C26H31FN4O4/c1-34-24(32)19-7-12-22-23(17-19)35-26(30-22)31(16-13-18-5-3-2-4-6-18)25(33)29-15-14-28-21-10-8-20(27)9-11-21/h7-12,17-18,28H,2-6,13-16H2,1H3,(H,29,33). The number of anilines is 2. The molecule has 3 aromatic rings. The summed E-state index contributed by atoms with van der Waals surface area (Å²) in [6.45, 7) is 1.32. The van der Waals surface area contributed by atoms with Gasteiger partial charge >= 0.3 is 18.0 Å². The molecule has 0 radical (unpaired) electrons. The Morgan fingerprint density at radius 1 is 1.11 bits per heavy atom. The molecule has 8 nitrogen and oxygen atoms in total. The van der Waals surface area contributed by atoms with Crippen molar-refractivity contribution in [1.29, 1.82) is 0 Å². The molecule has 0 aliphatic heterocycles. The highest BCUT2D eigenvalue weighted by molar-refractivity contribution is 5.94. The largest absolute Gasteiger partial charge is 0.465 e. The lowest BCUT2D eigenvalue weighted by Crippen LogP contribution is -2.43. The molecule has 2 N–H and O–H groups in total. The first kappa shape index (κ1) is 24.5. The van der Waals surface area contributed by atoms with Gasteiger partial charge in [-0.05, 0) is 54.8 Å². The van der Waals surface area contributed by atoms with Crippen LogP contribution in [0, 0.1) is 11.7 Å². The van der Waals surface area contributed by atoms with Crippen LogP contribution < -0.4 is 15.5 Å². The van der Waals surface area contributed by atoms with Crippen molar-refractivity contribution in [3.8, 4) is 0 Å². The van der Waals surface area contributed by atoms with E-state index < -0.39 is 5.97 Å². The number of oxazole rings is 1. The average Bonchev–Trinajstić information content (AvgIpc) is 3.31. The van der Waals surface area contributed by atoms with Crippen LogP contribution in [0.4, 0.5) is 20.9 Å². The normalized spacial score (nSPS) is 14.0. The van der Waals surface area contributed by atoms with E-state index in [0.29, 0.717) is 42.2 Å². The van der Waals surface area contributed by atoms with Gasteiger partial charge in [-0.2, -0.15) is 4.98 Å². The van der Waals surface area contributed by atoms with Crippen LogP contribution in [0.15, 0.2) is 46.9 Å². The lowest BCUT2D eigenvalue weighted by Gasteiger charge is -2.25. The maximum Gasteiger partial charge on any atom is 0.337 e. The van der Waals surface area contributed by atoms with Crippen molar-refractivity contribution < 1.29 is 23.1 Å². The van der Waals surface area contributed by atoms with Gasteiger partial charge in [-0.1, -0.05) is 32.1 Å². The van der Waals surface area contributed by atoms with Gasteiger partial charge in [-0.25, -0.2) is 18.9 Å². The fourth-order valence-electron chi connectivity index (χ4n) is 4.38. The van der Waals surface area contributed by atoms with Gasteiger partial charge in [0.05, 0.1) is 12.7 Å². The number of aromatic nitrogens is 1. The van der Waals surface area contributed by atoms with Crippen LogP contribution >= 0.6 is 0 Å². The first-order valence-corrected chi connectivity index (χ1v) is 12.1. The van der Waals surface area contributed by atoms with Crippen LogP contribution in [0.3, 0.4) is 0 Å². The number of hydrogen-bond acceptors (Lipinski definition) is 6. The number of urea groups is 1. The zero-order valence-electron chi connectivity index (χ0n) is 19.9. The number of carbonyl (C=O) groups is 2. The summed E-state index contributed by atoms with van der Waals surface area (Å²) in [5, 5.41) is 6.06. The summed E-state index contributed by atoms with van der Waals surface area (Å²) in [4.78, 5) is 31.0. The molecule has 2 amide bonds. The highest BCUT2D eigenvalue weighted by Gasteiger charge is 2.24. The predicted octanol–water partition coefficient (Wildman–Crippen LogP) is 5.35. The van der Waals surface area contributed by atoms with E-state index in [4.69, 9.17) is 9.15 Å². The van der Waals surface area contributed by atoms with Crippen LogP contribution in [-0.4, -0.2) is 43.7 Å². The highest BCUT2D eigenvalue weighted by Crippen LogP contribution is 2.28. The second-order valence-electron chi connectivity index (χ2n) is 8.78. The average molecular weight is 483 g/mol. The summed E-state index contributed by atoms with van der Waals surface area (Å²) in [6.07, 6.45) is 6.94. The molecule has 1 saturated carbocycles. The zero-order chi connectivity index (χ0) is 24.6. The van der Waals surface area contributed by atoms with E-state index in [1.165, 1.54) is 56.2 Å². The number of amides is 2. The van der Waals surface area contributed by atoms with Crippen molar-refractivity contribution in [2.75, 3.05) is 37.0 Å². The minimum atomic E-state index is -0.467. The van der Waals surface area contributed by atoms with Crippen LogP contribution in [0.25, 0.3) is 11.1 Å². The number of nitrogens with one attached hydrogen (secondary N) is 2. The van der Waals surface area contributed by atoms with Gasteiger partial charge < -0.3 is 19.8 Å². The lowest BCUT2D eigenvalue weighted by atomic mass is 9.87. The number of hydrogen-bond donors (Lipinski definition) is 2. The van der Waals surface area contributed by atoms with Crippen molar-refractivity contribution in [3.05, 3.63) is 53.8 Å². The Balaban J connectivity index is 1.43. The van der Waals surface area contributed by atoms with Crippen molar-refractivity contribution >= 4 is 34.8 Å². The predicted molar refractivity (Wildman–Crippen MR) is 132 cm³/mol. The molecule has 1 aromatic heterocycles. The molecule has 186 valence electrons. The maximum atomic E-state index is 13.1. The highest BCUT2D eigenvalue weighted by atomic mass is 19.1. The molecule has 0 atom stereocenters. The van der Waals surface area contributed by atoms with Gasteiger partial charge in [0.1, 0.15) is 11.3 Å². The number of benzene rings is 2. The first-order valence-electron chi connectivity index (χ1n) is 12.1. The van der Waals surface area contributed by atoms with Crippen molar-refractivity contribution in [3.63, 3.8) is 0 Å². The van der Waals surface area contributed by atoms with Gasteiger partial charge in [0.15, 0.2) is 5.58 Å². The van der Waals surface area contributed by atoms with Crippen molar-refractivity contribution in [2.45, 2.75) is 38.5 Å². The monoisotopic (exact) mass is 482 g/mol. The summed E-state index contributed by atoms with van der Waals surface area (Å²) in [6, 6.07) is 10.8. The molecule has 1 aliphatic carbocycles. The lowest BCUT2D eigenvalue weighted by molar-refractivity contribution is 0.0600. The third-order valence-electron chi connectivity index (χ3n) is 6.33. The quantitative estimate of drug-likeness (QED) is 0.315. The van der Waals surface area contributed by atoms with Crippen LogP contribution in [0.2, 0.25) is 0 Å². The minimum absolute atomic E-state index is 0.196. The molecule has 0 spiro atoms. The molecule has 0 unspecified atom stereocenters. The van der Waals surface area contributed by atoms with Crippen LogP contribution in [0.5, 0.6) is 0 Å². The zero-order valence-corrected chi connectivity index (χ0v) is 19.9. The molecule has 1 fully saturated rings. The van der Waals surface area contributed by atoms with E-state index in [9.17, 15) is 14.0 Å². The summed E-state index contributed by atoms with van der Waals surface area (Å²) < 4.78 is 23.8. The van der Waals surface area contributed by atoms with E-state index in [-0.39, 0.29) is 17.9 Å². The number of carbonyl (C=O) groups excluding carboxylic acids is 2. The Labute approximate surface area is 203 Å². The second-order valence-corrected chi connectivity index (χ2v) is 8.78. The fraction of sp³-hybridized carbons (Fsp3) is 0.423. The van der Waals surface area contributed by atoms with Crippen molar-refractivity contribution in [2.24, 2.45) is 5.92 Å². The van der Waals surface area contributed by atoms with Gasteiger partial charge in [0, 0.05) is 25.3 Å². The summed E-state index contributed by atoms with van der Waals surface area (Å²) in [7, 11) is 1.32. The number of nitrogens with zero attached hydrogens (tertiary/aromatic N) is 2. The second kappa shape index (κ2) is 11.7. The van der Waals surface area contributed by atoms with Gasteiger partial charge in [-0.15, -0.1) is 0 Å². The smallest absolute Gasteiger partial charge is 0.337 e. The Hall–Kier alpha value is -3.62. The van der Waals surface area contributed by atoms with Crippen LogP contribution in [0.1, 0.15) is 48.9 Å². The Bertz CT molecular complexity index is 1140. The van der Waals surface area contributed by atoms with E-state index in [0.717, 1.165) is 12.1 Å². The van der Waals surface area contributed by atoms with E-state index >= 15 is 0 Å². The Kier molecular flexibility index (Phi) is 8.18. The van der Waals surface area contributed by atoms with Gasteiger partial charge in [-0.3, -0.25) is 0 Å². The molecule has 2 aromatic carbocycles. The molecule has 35 heavy (non-hydrogen) atoms. The van der Waals surface area contributed by atoms with Gasteiger partial charge in [0.2, 0.25) is 0 Å². The molecule has 1 heterocycles. The summed E-state index contributed by atoms with van der Waals surface area (Å²) in [5.74, 6) is -0.186. The third-order valence-corrected chi connectivity index (χ3v) is 6.33. The molecule has 9 heteroatoms. The number of halogens is 1. The molecule has 0 bridgehead atoms. The third kappa shape index (κ3) is 6.49. The van der Waals surface area contributed by atoms with Gasteiger partial charge in [0.25, 0.3) is 0 Å². The molecule has 1 aliphatic rings. The van der Waals surface area contributed by atoms with E-state index in [1.54, 1.807) is 30.3 Å². The molecular formula is C26H31FN4O4. The number of esters is 1. The van der Waals surface area contributed by atoms with Crippen LogP contribution in [-0.2, 0) is 4.74 Å². The maximum absolute atomic E-state index is 13.1. The molecule has 4 rings (SSSR count). The van der Waals surface area contributed by atoms with Crippen molar-refractivity contribution in [1.82, 2.24) is 10.3 Å². The number of ether oxygens (including phenoxy) is 1. The summed E-state index contributed by atoms with van der Waals surface area (Å²) in [5.41, 5.74) is 2.10. The number of methoxy groups -OCH3 is 1. The Morgan fingerprint density at radius 3 is 2.63 bits per heavy atom. The number of fused-ring (bicyclic) bond motifs is 1. The SMILES string of the molecule is COC(=O)c1ccc2nc(N(CCC3CCCCC3)C(=O)NCCNc3ccc(F)cc3)oc2c1. The fourth-order valence-corrected chi connectivity index (χ4v) is 4.38. The minimum Gasteiger partial charge on any atom is -0.465 e. The summed E-state index contributed by atoms with van der Waals surface area (Å²) >= 11 is 0. The Morgan fingerprint density at radius 2 is 1.89 bits per heavy atom. The number of rotatable bonds is 9. The molecule has 0 saturated heterocycles. The van der Waals surface area contributed by atoms with E-state index in [2.05, 4.69) is 15.6 Å². The topological polar surface area (TPSA) is 96.7 Å². The van der Waals surface area contributed by atoms with E-state index in [1.807, 2.05) is 0 Å². The molecular weight excluding hydrogens is 451 g/mol. The first-order chi connectivity index (χ1) is 17.0.